The van der Waals surface area contributed by atoms with E-state index in [1.165, 1.54) is 23.5 Å². The zero-order chi connectivity index (χ0) is 15.2. The molecule has 0 aliphatic heterocycles. The molecule has 0 aliphatic rings. The highest BCUT2D eigenvalue weighted by molar-refractivity contribution is 9.10. The Hall–Kier alpha value is -0.980. The van der Waals surface area contributed by atoms with E-state index in [4.69, 9.17) is 11.6 Å². The Bertz CT molecular complexity index is 789. The van der Waals surface area contributed by atoms with Crippen molar-refractivity contribution in [2.24, 2.45) is 0 Å². The summed E-state index contributed by atoms with van der Waals surface area (Å²) in [5.74, 6) is 0. The van der Waals surface area contributed by atoms with Gasteiger partial charge >= 0.3 is 6.18 Å². The summed E-state index contributed by atoms with van der Waals surface area (Å²) < 4.78 is 42.1. The van der Waals surface area contributed by atoms with Crippen LogP contribution >= 0.6 is 38.9 Å². The second kappa shape index (κ2) is 5.34. The molecule has 0 amide bonds. The highest BCUT2D eigenvalue weighted by Crippen LogP contribution is 2.40. The molecule has 1 aromatic carbocycles. The molecule has 3 aromatic rings. The van der Waals surface area contributed by atoms with Crippen LogP contribution < -0.4 is 0 Å². The van der Waals surface area contributed by atoms with Crippen molar-refractivity contribution in [3.05, 3.63) is 56.5 Å². The van der Waals surface area contributed by atoms with Crippen LogP contribution in [0.4, 0.5) is 13.2 Å². The Morgan fingerprint density at radius 3 is 2.43 bits per heavy atom. The van der Waals surface area contributed by atoms with Crippen LogP contribution in [0.15, 0.2) is 41.0 Å². The Morgan fingerprint density at radius 1 is 1.14 bits per heavy atom. The molecule has 0 radical (unpaired) electrons. The quantitative estimate of drug-likeness (QED) is 0.489. The maximum absolute atomic E-state index is 12.5. The molecule has 1 nitrogen and oxygen atoms in total. The Morgan fingerprint density at radius 2 is 1.81 bits per heavy atom. The van der Waals surface area contributed by atoms with Crippen molar-refractivity contribution in [2.45, 2.75) is 12.7 Å². The number of fused-ring (bicyclic) bond motifs is 1. The minimum absolute atomic E-state index is 0.493. The lowest BCUT2D eigenvalue weighted by Gasteiger charge is -2.09. The highest BCUT2D eigenvalue weighted by Gasteiger charge is 2.29. The molecule has 0 N–H and O–H groups in total. The monoisotopic (exact) mass is 393 g/mol. The van der Waals surface area contributed by atoms with Crippen LogP contribution in [0, 0.1) is 0 Å². The number of thiophene rings is 1. The van der Waals surface area contributed by atoms with E-state index in [1.54, 1.807) is 0 Å². The number of hydrogen-bond acceptors (Lipinski definition) is 1. The topological polar surface area (TPSA) is 4.93 Å². The molecular weight excluding hydrogens is 387 g/mol. The Kier molecular flexibility index (Phi) is 3.80. The van der Waals surface area contributed by atoms with Gasteiger partial charge in [-0.15, -0.1) is 11.3 Å². The van der Waals surface area contributed by atoms with Crippen molar-refractivity contribution in [1.29, 1.82) is 0 Å². The fourth-order valence-corrected chi connectivity index (χ4v) is 4.11. The van der Waals surface area contributed by atoms with E-state index in [9.17, 15) is 13.2 Å². The van der Waals surface area contributed by atoms with Crippen LogP contribution in [-0.2, 0) is 12.7 Å². The van der Waals surface area contributed by atoms with Gasteiger partial charge in [-0.05, 0) is 39.7 Å². The first-order valence-electron chi connectivity index (χ1n) is 5.95. The molecule has 0 fully saturated rings. The van der Waals surface area contributed by atoms with Gasteiger partial charge in [-0.25, -0.2) is 0 Å². The van der Waals surface area contributed by atoms with Gasteiger partial charge in [0.05, 0.1) is 20.3 Å². The highest BCUT2D eigenvalue weighted by atomic mass is 79.9. The SMILES string of the molecule is FC(F)(F)c1ccc(Cn2ccc3sc(Cl)c(Br)c32)cc1. The van der Waals surface area contributed by atoms with Crippen molar-refractivity contribution >= 4 is 49.1 Å². The lowest BCUT2D eigenvalue weighted by Crippen LogP contribution is -2.05. The zero-order valence-corrected chi connectivity index (χ0v) is 13.6. The van der Waals surface area contributed by atoms with Gasteiger partial charge in [0, 0.05) is 12.7 Å². The molecule has 0 unspecified atom stereocenters. The first-order chi connectivity index (χ1) is 9.86. The van der Waals surface area contributed by atoms with Gasteiger partial charge in [0.15, 0.2) is 0 Å². The zero-order valence-electron chi connectivity index (χ0n) is 10.4. The van der Waals surface area contributed by atoms with E-state index in [2.05, 4.69) is 15.9 Å². The van der Waals surface area contributed by atoms with Crippen molar-refractivity contribution in [2.75, 3.05) is 0 Å². The number of aromatic nitrogens is 1. The maximum atomic E-state index is 12.5. The third kappa shape index (κ3) is 2.84. The summed E-state index contributed by atoms with van der Waals surface area (Å²) in [4.78, 5) is 0. The summed E-state index contributed by atoms with van der Waals surface area (Å²) in [6.07, 6.45) is -2.40. The minimum atomic E-state index is -4.30. The van der Waals surface area contributed by atoms with E-state index in [-0.39, 0.29) is 0 Å². The molecule has 2 heterocycles. The second-order valence-electron chi connectivity index (χ2n) is 4.54. The molecule has 0 bridgehead atoms. The third-order valence-corrected chi connectivity index (χ3v) is 5.76. The number of hydrogen-bond donors (Lipinski definition) is 0. The lowest BCUT2D eigenvalue weighted by atomic mass is 10.1. The van der Waals surface area contributed by atoms with Gasteiger partial charge in [0.2, 0.25) is 0 Å². The van der Waals surface area contributed by atoms with Gasteiger partial charge in [0.1, 0.15) is 4.34 Å². The fraction of sp³-hybridized carbons (Fsp3) is 0.143. The molecule has 3 rings (SSSR count). The van der Waals surface area contributed by atoms with Gasteiger partial charge in [0.25, 0.3) is 0 Å². The van der Waals surface area contributed by atoms with Crippen LogP contribution in [0.5, 0.6) is 0 Å². The molecule has 0 saturated carbocycles. The van der Waals surface area contributed by atoms with Gasteiger partial charge in [-0.3, -0.25) is 0 Å². The van der Waals surface area contributed by atoms with Crippen molar-refractivity contribution in [3.63, 3.8) is 0 Å². The molecule has 0 spiro atoms. The van der Waals surface area contributed by atoms with Crippen molar-refractivity contribution in [1.82, 2.24) is 4.57 Å². The van der Waals surface area contributed by atoms with E-state index in [0.717, 1.165) is 32.4 Å². The van der Waals surface area contributed by atoms with Crippen molar-refractivity contribution in [3.8, 4) is 0 Å². The summed E-state index contributed by atoms with van der Waals surface area (Å²) in [7, 11) is 0. The van der Waals surface area contributed by atoms with E-state index >= 15 is 0 Å². The van der Waals surface area contributed by atoms with Crippen LogP contribution in [0.25, 0.3) is 10.2 Å². The molecule has 0 aliphatic carbocycles. The average molecular weight is 395 g/mol. The number of rotatable bonds is 2. The molecule has 0 atom stereocenters. The standard InChI is InChI=1S/C14H8BrClF3NS/c15-11-12-10(21-13(11)16)5-6-20(12)7-8-1-3-9(4-2-8)14(17,18)19/h1-6H,7H2. The number of alkyl halides is 3. The smallest absolute Gasteiger partial charge is 0.341 e. The average Bonchev–Trinajstić information content (AvgIpc) is 2.92. The first-order valence-corrected chi connectivity index (χ1v) is 7.94. The summed E-state index contributed by atoms with van der Waals surface area (Å²) in [6.45, 7) is 0.493. The predicted molar refractivity (Wildman–Crippen MR) is 83.1 cm³/mol. The van der Waals surface area contributed by atoms with Crippen LogP contribution in [0.1, 0.15) is 11.1 Å². The Labute approximate surface area is 136 Å². The molecule has 0 saturated heterocycles. The normalized spacial score (nSPS) is 12.2. The third-order valence-electron chi connectivity index (χ3n) is 3.14. The predicted octanol–water partition coefficient (Wildman–Crippen LogP) is 6.19. The van der Waals surface area contributed by atoms with Crippen LogP contribution in [0.3, 0.4) is 0 Å². The van der Waals surface area contributed by atoms with E-state index in [1.807, 2.05) is 16.8 Å². The van der Waals surface area contributed by atoms with E-state index < -0.39 is 11.7 Å². The summed E-state index contributed by atoms with van der Waals surface area (Å²) in [5.41, 5.74) is 1.13. The Balaban J connectivity index is 1.92. The van der Waals surface area contributed by atoms with E-state index in [0.29, 0.717) is 10.9 Å². The maximum Gasteiger partial charge on any atom is 0.416 e. The molecule has 110 valence electrons. The first kappa shape index (κ1) is 14.9. The molecular formula is C14H8BrClF3NS. The largest absolute Gasteiger partial charge is 0.416 e. The van der Waals surface area contributed by atoms with Crippen LogP contribution in [0.2, 0.25) is 4.34 Å². The second-order valence-corrected chi connectivity index (χ2v) is 6.99. The minimum Gasteiger partial charge on any atom is -0.341 e. The number of benzene rings is 1. The van der Waals surface area contributed by atoms with Crippen LogP contribution in [-0.4, -0.2) is 4.57 Å². The molecule has 7 heteroatoms. The molecule has 2 aromatic heterocycles. The molecule has 21 heavy (non-hydrogen) atoms. The fourth-order valence-electron chi connectivity index (χ4n) is 2.13. The summed E-state index contributed by atoms with van der Waals surface area (Å²) >= 11 is 11.0. The van der Waals surface area contributed by atoms with Gasteiger partial charge in [-0.1, -0.05) is 23.7 Å². The van der Waals surface area contributed by atoms with Gasteiger partial charge < -0.3 is 4.57 Å². The number of nitrogens with zero attached hydrogens (tertiary/aromatic N) is 1. The van der Waals surface area contributed by atoms with Gasteiger partial charge in [-0.2, -0.15) is 13.2 Å². The van der Waals surface area contributed by atoms with Crippen molar-refractivity contribution < 1.29 is 13.2 Å². The lowest BCUT2D eigenvalue weighted by molar-refractivity contribution is -0.137. The number of halogens is 5. The summed E-state index contributed by atoms with van der Waals surface area (Å²) in [6, 6.07) is 7.14. The summed E-state index contributed by atoms with van der Waals surface area (Å²) in [5, 5.41) is 0.